The molecule has 0 fully saturated rings. The molecule has 0 aliphatic carbocycles. The molecule has 0 spiro atoms. The van der Waals surface area contributed by atoms with E-state index in [2.05, 4.69) is 0 Å². The molecule has 2 rings (SSSR count). The van der Waals surface area contributed by atoms with Crippen molar-refractivity contribution in [3.05, 3.63) is 73.7 Å². The Labute approximate surface area is 242 Å². The van der Waals surface area contributed by atoms with E-state index in [1.807, 2.05) is 0 Å². The van der Waals surface area contributed by atoms with Gasteiger partial charge in [-0.1, -0.05) is 60.3 Å². The third-order valence-electron chi connectivity index (χ3n) is 5.90. The quantitative estimate of drug-likeness (QED) is 0.145. The highest BCUT2D eigenvalue weighted by atomic mass is 35.5. The number of carbonyl (C=O) groups excluding carboxylic acids is 2. The standard InChI is InChI=1S/C26H19Cl3F10O2/c1-2-12(5-15(40)11-24(31,32)33)6-22(41)16-4-3-13(7-18(16)26(37,38)39)21(30)10-17(25(34,35)36)14-8-19(27)23(29)20(28)9-14/h3-4,7-10,12,17H,2,5-6,11H2,1H3/b21-10-/t12-,17?/m1/s1. The van der Waals surface area contributed by atoms with E-state index in [-0.39, 0.29) is 33.6 Å². The molecule has 41 heavy (non-hydrogen) atoms. The zero-order valence-electron chi connectivity index (χ0n) is 20.7. The highest BCUT2D eigenvalue weighted by molar-refractivity contribution is 6.48. The summed E-state index contributed by atoms with van der Waals surface area (Å²) in [4.78, 5) is 24.3. The van der Waals surface area contributed by atoms with Gasteiger partial charge in [0, 0.05) is 24.0 Å². The van der Waals surface area contributed by atoms with Crippen LogP contribution in [0.4, 0.5) is 43.9 Å². The van der Waals surface area contributed by atoms with Gasteiger partial charge in [-0.25, -0.2) is 4.39 Å². The molecule has 15 heteroatoms. The Morgan fingerprint density at radius 2 is 1.44 bits per heavy atom. The van der Waals surface area contributed by atoms with Crippen LogP contribution in [0.1, 0.15) is 65.6 Å². The molecule has 2 aromatic rings. The molecule has 0 bridgehead atoms. The molecule has 226 valence electrons. The van der Waals surface area contributed by atoms with Gasteiger partial charge in [0.15, 0.2) is 5.78 Å². The summed E-state index contributed by atoms with van der Waals surface area (Å²) in [6, 6.07) is 2.88. The minimum Gasteiger partial charge on any atom is -0.299 e. The Hall–Kier alpha value is -2.31. The van der Waals surface area contributed by atoms with E-state index in [0.717, 1.165) is 12.1 Å². The summed E-state index contributed by atoms with van der Waals surface area (Å²) in [5, 5.41) is -1.04. The van der Waals surface area contributed by atoms with E-state index in [0.29, 0.717) is 12.1 Å². The molecule has 2 aromatic carbocycles. The predicted octanol–water partition coefficient (Wildman–Crippen LogP) is 10.8. The second-order valence-corrected chi connectivity index (χ2v) is 10.2. The average Bonchev–Trinajstić information content (AvgIpc) is 2.82. The lowest BCUT2D eigenvalue weighted by Crippen LogP contribution is -2.20. The van der Waals surface area contributed by atoms with E-state index in [1.54, 1.807) is 0 Å². The van der Waals surface area contributed by atoms with Crippen LogP contribution >= 0.6 is 34.8 Å². The molecule has 0 aliphatic rings. The topological polar surface area (TPSA) is 34.1 Å². The van der Waals surface area contributed by atoms with Crippen LogP contribution in [0.3, 0.4) is 0 Å². The molecular formula is C26H19Cl3F10O2. The van der Waals surface area contributed by atoms with E-state index in [4.69, 9.17) is 34.8 Å². The maximum absolute atomic E-state index is 15.0. The summed E-state index contributed by atoms with van der Waals surface area (Å²) < 4.78 is 135. The van der Waals surface area contributed by atoms with Crippen molar-refractivity contribution in [3.63, 3.8) is 0 Å². The Kier molecular flexibility index (Phi) is 11.3. The molecule has 2 atom stereocenters. The van der Waals surface area contributed by atoms with Crippen LogP contribution in [0.25, 0.3) is 5.83 Å². The van der Waals surface area contributed by atoms with Crippen LogP contribution in [-0.2, 0) is 11.0 Å². The Bertz CT molecular complexity index is 1290. The van der Waals surface area contributed by atoms with Crippen molar-refractivity contribution in [2.75, 3.05) is 0 Å². The highest BCUT2D eigenvalue weighted by Crippen LogP contribution is 2.43. The zero-order valence-corrected chi connectivity index (χ0v) is 22.9. The largest absolute Gasteiger partial charge is 0.417 e. The van der Waals surface area contributed by atoms with Crippen LogP contribution in [-0.4, -0.2) is 23.9 Å². The van der Waals surface area contributed by atoms with Crippen LogP contribution in [0.5, 0.6) is 0 Å². The van der Waals surface area contributed by atoms with E-state index in [9.17, 15) is 49.1 Å². The summed E-state index contributed by atoms with van der Waals surface area (Å²) >= 11 is 17.3. The molecule has 0 aromatic heterocycles. The fourth-order valence-corrected chi connectivity index (χ4v) is 4.51. The summed E-state index contributed by atoms with van der Waals surface area (Å²) in [6.45, 7) is 1.42. The van der Waals surface area contributed by atoms with Crippen molar-refractivity contribution >= 4 is 52.2 Å². The second-order valence-electron chi connectivity index (χ2n) is 9.03. The minimum absolute atomic E-state index is 0.00620. The van der Waals surface area contributed by atoms with Crippen LogP contribution in [0.15, 0.2) is 36.4 Å². The molecule has 0 N–H and O–H groups in total. The lowest BCUT2D eigenvalue weighted by atomic mass is 9.88. The van der Waals surface area contributed by atoms with Gasteiger partial charge in [0.05, 0.1) is 20.6 Å². The van der Waals surface area contributed by atoms with Gasteiger partial charge in [0.2, 0.25) is 0 Å². The molecule has 0 radical (unpaired) electrons. The lowest BCUT2D eigenvalue weighted by Gasteiger charge is -2.19. The van der Waals surface area contributed by atoms with Crippen molar-refractivity contribution in [2.24, 2.45) is 5.92 Å². The van der Waals surface area contributed by atoms with E-state index in [1.165, 1.54) is 6.92 Å². The van der Waals surface area contributed by atoms with Gasteiger partial charge in [-0.15, -0.1) is 0 Å². The fraction of sp³-hybridized carbons (Fsp3) is 0.385. The third-order valence-corrected chi connectivity index (χ3v) is 7.09. The molecule has 0 amide bonds. The van der Waals surface area contributed by atoms with Crippen molar-refractivity contribution in [1.29, 1.82) is 0 Å². The van der Waals surface area contributed by atoms with Gasteiger partial charge in [-0.2, -0.15) is 39.5 Å². The van der Waals surface area contributed by atoms with E-state index < -0.39 is 89.3 Å². The SMILES string of the molecule is CC[C@H](CC(=O)CC(F)(F)F)CC(=O)c1ccc(/C(F)=C/C(c2cc(Cl)c(Cl)c(Cl)c2)C(F)(F)F)cc1C(F)(F)F. The summed E-state index contributed by atoms with van der Waals surface area (Å²) in [5.74, 6) is -7.88. The first-order chi connectivity index (χ1) is 18.6. The van der Waals surface area contributed by atoms with Crippen LogP contribution < -0.4 is 0 Å². The minimum atomic E-state index is -5.27. The van der Waals surface area contributed by atoms with Gasteiger partial charge in [0.25, 0.3) is 0 Å². The predicted molar refractivity (Wildman–Crippen MR) is 134 cm³/mol. The van der Waals surface area contributed by atoms with Crippen molar-refractivity contribution in [1.82, 2.24) is 0 Å². The number of rotatable bonds is 10. The highest BCUT2D eigenvalue weighted by Gasteiger charge is 2.41. The molecule has 1 unspecified atom stereocenters. The van der Waals surface area contributed by atoms with Gasteiger partial charge in [-0.05, 0) is 35.8 Å². The first-order valence-corrected chi connectivity index (χ1v) is 12.7. The second kappa shape index (κ2) is 13.3. The van der Waals surface area contributed by atoms with Crippen molar-refractivity contribution < 1.29 is 53.5 Å². The normalized spacial score (nSPS) is 14.6. The molecule has 0 aliphatic heterocycles. The molecule has 2 nitrogen and oxygen atoms in total. The van der Waals surface area contributed by atoms with Gasteiger partial charge in [0.1, 0.15) is 23.9 Å². The number of benzene rings is 2. The number of alkyl halides is 9. The summed E-state index contributed by atoms with van der Waals surface area (Å²) in [6.07, 6.45) is -18.4. The molecular weight excluding hydrogens is 641 g/mol. The number of allylic oxidation sites excluding steroid dienone is 1. The van der Waals surface area contributed by atoms with E-state index >= 15 is 4.39 Å². The first-order valence-electron chi connectivity index (χ1n) is 11.6. The number of ketones is 2. The average molecular weight is 660 g/mol. The maximum Gasteiger partial charge on any atom is 0.417 e. The Morgan fingerprint density at radius 3 is 1.90 bits per heavy atom. The smallest absolute Gasteiger partial charge is 0.299 e. The Morgan fingerprint density at radius 1 is 0.878 bits per heavy atom. The maximum atomic E-state index is 15.0. The summed E-state index contributed by atoms with van der Waals surface area (Å²) in [5.41, 5.74) is -4.26. The van der Waals surface area contributed by atoms with Crippen LogP contribution in [0.2, 0.25) is 15.1 Å². The molecule has 0 heterocycles. The Balaban J connectivity index is 2.46. The summed E-state index contributed by atoms with van der Waals surface area (Å²) in [7, 11) is 0. The fourth-order valence-electron chi connectivity index (χ4n) is 3.90. The lowest BCUT2D eigenvalue weighted by molar-refractivity contribution is -0.153. The first kappa shape index (κ1) is 34.9. The van der Waals surface area contributed by atoms with Gasteiger partial charge >= 0.3 is 18.5 Å². The zero-order chi connectivity index (χ0) is 31.5. The van der Waals surface area contributed by atoms with Crippen molar-refractivity contribution in [2.45, 2.75) is 57.1 Å². The number of Topliss-reactive ketones (excluding diaryl/α,β-unsaturated/α-hetero) is 2. The van der Waals surface area contributed by atoms with Crippen LogP contribution in [0, 0.1) is 5.92 Å². The third kappa shape index (κ3) is 9.89. The van der Waals surface area contributed by atoms with Gasteiger partial charge < -0.3 is 0 Å². The molecule has 0 saturated carbocycles. The van der Waals surface area contributed by atoms with Gasteiger partial charge in [-0.3, -0.25) is 9.59 Å². The van der Waals surface area contributed by atoms with Crippen molar-refractivity contribution in [3.8, 4) is 0 Å². The monoisotopic (exact) mass is 658 g/mol. The number of carbonyl (C=O) groups is 2. The number of hydrogen-bond acceptors (Lipinski definition) is 2. The number of halogens is 13. The number of hydrogen-bond donors (Lipinski definition) is 0. The molecule has 0 saturated heterocycles.